The Kier molecular flexibility index (Phi) is 6.67. The summed E-state index contributed by atoms with van der Waals surface area (Å²) in [5.74, 6) is -4.62. The largest absolute Gasteiger partial charge is 0.507 e. The summed E-state index contributed by atoms with van der Waals surface area (Å²) >= 11 is 0. The number of carbonyl (C=O) groups is 3. The highest BCUT2D eigenvalue weighted by Crippen LogP contribution is 2.51. The molecule has 0 saturated carbocycles. The van der Waals surface area contributed by atoms with Gasteiger partial charge in [-0.2, -0.15) is 0 Å². The number of nitro benzene ring substituents is 1. The minimum atomic E-state index is -1.88. The highest BCUT2D eigenvalue weighted by Gasteiger charge is 2.68. The number of phenols is 1. The molecule has 2 saturated heterocycles. The van der Waals surface area contributed by atoms with Crippen molar-refractivity contribution < 1.29 is 29.5 Å². The second-order valence-corrected chi connectivity index (χ2v) is 10.5. The van der Waals surface area contributed by atoms with Crippen molar-refractivity contribution in [3.8, 4) is 5.75 Å². The van der Waals surface area contributed by atoms with Gasteiger partial charge < -0.3 is 10.2 Å². The maximum Gasteiger partial charge on any atom is 0.325 e. The normalized spacial score (nSPS) is 23.9. The molecule has 4 atom stereocenters. The molecule has 3 aromatic carbocycles. The van der Waals surface area contributed by atoms with Gasteiger partial charge in [0.1, 0.15) is 11.3 Å². The molecule has 10 nitrogen and oxygen atoms in total. The number of nitrogens with one attached hydrogen (secondary N) is 1. The number of amides is 2. The Morgan fingerprint density at radius 1 is 1.00 bits per heavy atom. The van der Waals surface area contributed by atoms with E-state index in [1.165, 1.54) is 24.3 Å². The minimum absolute atomic E-state index is 0.0974. The molecule has 2 aliphatic heterocycles. The molecule has 2 heterocycles. The fourth-order valence-electron chi connectivity index (χ4n) is 6.09. The lowest BCUT2D eigenvalue weighted by Crippen LogP contribution is -2.57. The number of rotatable bonds is 7. The number of imide groups is 1. The molecule has 0 spiro atoms. The third kappa shape index (κ3) is 4.21. The number of non-ortho nitro benzene ring substituents is 1. The number of anilines is 1. The van der Waals surface area contributed by atoms with Gasteiger partial charge in [0.05, 0.1) is 22.4 Å². The van der Waals surface area contributed by atoms with Crippen LogP contribution in [0.25, 0.3) is 0 Å². The average molecular weight is 544 g/mol. The van der Waals surface area contributed by atoms with Crippen LogP contribution in [0.2, 0.25) is 0 Å². The van der Waals surface area contributed by atoms with Crippen LogP contribution in [0.5, 0.6) is 5.75 Å². The quantitative estimate of drug-likeness (QED) is 0.230. The van der Waals surface area contributed by atoms with E-state index in [4.69, 9.17) is 0 Å². The Morgan fingerprint density at radius 3 is 2.10 bits per heavy atom. The number of fused-ring (bicyclic) bond motifs is 1. The van der Waals surface area contributed by atoms with E-state index in [-0.39, 0.29) is 17.9 Å². The SMILES string of the molecule is CCc1ccc(N2C(=O)C3C(c4cc(C)c(O)c(C)c4)NC(Cc4ccc([N+](=O)[O-])cc4)(C(=O)O)C3C2=O)cc1. The van der Waals surface area contributed by atoms with Gasteiger partial charge in [0.25, 0.3) is 5.69 Å². The first-order valence-corrected chi connectivity index (χ1v) is 13.0. The standard InChI is InChI=1S/C30H29N3O7/c1-4-18-5-9-21(10-6-18)32-27(35)23-24(28(32)36)30(29(37)38,15-19-7-11-22(12-8-19)33(39)40)31-25(23)20-13-16(2)26(34)17(3)14-20/h5-14,23-25,31,34H,4,15H2,1-3H3,(H,37,38). The fraction of sp³-hybridized carbons (Fsp3) is 0.300. The van der Waals surface area contributed by atoms with Crippen molar-refractivity contribution in [1.29, 1.82) is 0 Å². The summed E-state index contributed by atoms with van der Waals surface area (Å²) in [5, 5.41) is 35.3. The Morgan fingerprint density at radius 2 is 1.57 bits per heavy atom. The molecule has 0 bridgehead atoms. The van der Waals surface area contributed by atoms with Crippen LogP contribution in [0.1, 0.15) is 40.8 Å². The molecule has 5 rings (SSSR count). The van der Waals surface area contributed by atoms with Gasteiger partial charge in [-0.25, -0.2) is 4.90 Å². The third-order valence-electron chi connectivity index (χ3n) is 8.14. The first kappa shape index (κ1) is 27.0. The predicted octanol–water partition coefficient (Wildman–Crippen LogP) is 4.00. The Balaban J connectivity index is 1.65. The van der Waals surface area contributed by atoms with Crippen molar-refractivity contribution in [3.05, 3.63) is 98.6 Å². The van der Waals surface area contributed by atoms with Crippen LogP contribution in [-0.4, -0.2) is 38.5 Å². The van der Waals surface area contributed by atoms with E-state index in [1.54, 1.807) is 38.1 Å². The van der Waals surface area contributed by atoms with Gasteiger partial charge in [0.15, 0.2) is 0 Å². The van der Waals surface area contributed by atoms with Gasteiger partial charge in [-0.3, -0.25) is 29.8 Å². The lowest BCUT2D eigenvalue weighted by Gasteiger charge is -2.31. The number of carboxylic acid groups (broad SMARTS) is 1. The summed E-state index contributed by atoms with van der Waals surface area (Å²) in [6, 6.07) is 15.1. The zero-order valence-electron chi connectivity index (χ0n) is 22.2. The van der Waals surface area contributed by atoms with Gasteiger partial charge >= 0.3 is 5.97 Å². The molecule has 3 N–H and O–H groups in total. The number of carboxylic acids is 1. The summed E-state index contributed by atoms with van der Waals surface area (Å²) in [7, 11) is 0. The van der Waals surface area contributed by atoms with E-state index in [1.807, 2.05) is 19.1 Å². The number of phenolic OH excluding ortho intramolecular Hbond substituents is 1. The van der Waals surface area contributed by atoms with Crippen LogP contribution < -0.4 is 10.2 Å². The summed E-state index contributed by atoms with van der Waals surface area (Å²) in [6.07, 6.45) is 0.589. The molecule has 4 unspecified atom stereocenters. The number of aliphatic carboxylic acids is 1. The predicted molar refractivity (Wildman–Crippen MR) is 146 cm³/mol. The molecule has 0 aromatic heterocycles. The highest BCUT2D eigenvalue weighted by atomic mass is 16.6. The first-order chi connectivity index (χ1) is 19.0. The second-order valence-electron chi connectivity index (χ2n) is 10.5. The number of benzene rings is 3. The minimum Gasteiger partial charge on any atom is -0.507 e. The van der Waals surface area contributed by atoms with Gasteiger partial charge in [0.2, 0.25) is 11.8 Å². The van der Waals surface area contributed by atoms with Crippen LogP contribution in [0.3, 0.4) is 0 Å². The molecule has 2 amide bonds. The number of hydrogen-bond donors (Lipinski definition) is 3. The van der Waals surface area contributed by atoms with Gasteiger partial charge in [0, 0.05) is 24.6 Å². The maximum absolute atomic E-state index is 14.0. The maximum atomic E-state index is 14.0. The molecular formula is C30H29N3O7. The van der Waals surface area contributed by atoms with Crippen molar-refractivity contribution in [1.82, 2.24) is 5.32 Å². The summed E-state index contributed by atoms with van der Waals surface area (Å²) < 4.78 is 0. The van der Waals surface area contributed by atoms with Gasteiger partial charge in [-0.15, -0.1) is 0 Å². The van der Waals surface area contributed by atoms with Crippen molar-refractivity contribution >= 4 is 29.2 Å². The fourth-order valence-corrected chi connectivity index (χ4v) is 6.09. The van der Waals surface area contributed by atoms with Crippen LogP contribution in [0.4, 0.5) is 11.4 Å². The number of aryl methyl sites for hydroxylation is 3. The molecule has 2 aliphatic rings. The number of nitro groups is 1. The molecule has 2 fully saturated rings. The summed E-state index contributed by atoms with van der Waals surface area (Å²) in [4.78, 5) is 52.8. The second kappa shape index (κ2) is 9.87. The molecule has 0 radical (unpaired) electrons. The van der Waals surface area contributed by atoms with Crippen LogP contribution in [0.15, 0.2) is 60.7 Å². The Hall–Kier alpha value is -4.57. The highest BCUT2D eigenvalue weighted by molar-refractivity contribution is 6.24. The number of hydrogen-bond acceptors (Lipinski definition) is 7. The summed E-state index contributed by atoms with van der Waals surface area (Å²) in [5.41, 5.74) is 1.52. The monoisotopic (exact) mass is 543 g/mol. The van der Waals surface area contributed by atoms with E-state index in [0.29, 0.717) is 27.9 Å². The van der Waals surface area contributed by atoms with Crippen molar-refractivity contribution in [2.24, 2.45) is 11.8 Å². The van der Waals surface area contributed by atoms with Crippen molar-refractivity contribution in [3.63, 3.8) is 0 Å². The molecular weight excluding hydrogens is 514 g/mol. The van der Waals surface area contributed by atoms with E-state index in [9.17, 15) is 34.7 Å². The van der Waals surface area contributed by atoms with Crippen LogP contribution >= 0.6 is 0 Å². The molecule has 10 heteroatoms. The number of nitrogens with zero attached hydrogens (tertiary/aromatic N) is 2. The van der Waals surface area contributed by atoms with E-state index >= 15 is 0 Å². The zero-order valence-corrected chi connectivity index (χ0v) is 22.2. The smallest absolute Gasteiger partial charge is 0.325 e. The zero-order chi connectivity index (χ0) is 28.9. The lowest BCUT2D eigenvalue weighted by molar-refractivity contribution is -0.384. The van der Waals surface area contributed by atoms with Crippen LogP contribution in [-0.2, 0) is 27.2 Å². The van der Waals surface area contributed by atoms with Gasteiger partial charge in [-0.05, 0) is 60.2 Å². The van der Waals surface area contributed by atoms with E-state index < -0.39 is 46.1 Å². The average Bonchev–Trinajstić information content (AvgIpc) is 3.41. The van der Waals surface area contributed by atoms with Crippen molar-refractivity contribution in [2.75, 3.05) is 4.90 Å². The molecule has 3 aromatic rings. The Bertz CT molecular complexity index is 1510. The Labute approximate surface area is 230 Å². The van der Waals surface area contributed by atoms with Crippen LogP contribution in [0, 0.1) is 35.8 Å². The topological polar surface area (TPSA) is 150 Å². The molecule has 40 heavy (non-hydrogen) atoms. The third-order valence-corrected chi connectivity index (χ3v) is 8.14. The lowest BCUT2D eigenvalue weighted by atomic mass is 9.76. The molecule has 0 aliphatic carbocycles. The molecule has 206 valence electrons. The van der Waals surface area contributed by atoms with Crippen molar-refractivity contribution in [2.45, 2.75) is 45.2 Å². The van der Waals surface area contributed by atoms with E-state index in [0.717, 1.165) is 16.9 Å². The number of carbonyl (C=O) groups excluding carboxylic acids is 2. The van der Waals surface area contributed by atoms with Gasteiger partial charge in [-0.1, -0.05) is 43.3 Å². The first-order valence-electron chi connectivity index (χ1n) is 13.0. The van der Waals surface area contributed by atoms with E-state index in [2.05, 4.69) is 5.32 Å². The summed E-state index contributed by atoms with van der Waals surface area (Å²) in [6.45, 7) is 5.41. The number of aromatic hydroxyl groups is 1.